The monoisotopic (exact) mass is 265 g/mol. The van der Waals surface area contributed by atoms with E-state index in [9.17, 15) is 9.18 Å². The minimum Gasteiger partial charge on any atom is -0.387 e. The van der Waals surface area contributed by atoms with Crippen LogP contribution in [0.15, 0.2) is 24.3 Å². The Morgan fingerprint density at radius 3 is 2.37 bits per heavy atom. The number of alkyl halides is 1. The van der Waals surface area contributed by atoms with Gasteiger partial charge in [0.1, 0.15) is 13.3 Å². The molecule has 3 nitrogen and oxygen atoms in total. The van der Waals surface area contributed by atoms with Crippen molar-refractivity contribution in [1.82, 2.24) is 0 Å². The number of benzene rings is 1. The van der Waals surface area contributed by atoms with Gasteiger partial charge in [-0.05, 0) is 30.5 Å². The van der Waals surface area contributed by atoms with Crippen molar-refractivity contribution in [2.24, 2.45) is 0 Å². The summed E-state index contributed by atoms with van der Waals surface area (Å²) in [6, 6.07) is 7.06. The number of hydrogen-bond donors (Lipinski definition) is 1. The summed E-state index contributed by atoms with van der Waals surface area (Å²) in [5.74, 6) is -0.278. The van der Waals surface area contributed by atoms with Gasteiger partial charge >= 0.3 is 0 Å². The summed E-state index contributed by atoms with van der Waals surface area (Å²) < 4.78 is 12.5. The van der Waals surface area contributed by atoms with Crippen LogP contribution in [0.25, 0.3) is 0 Å². The van der Waals surface area contributed by atoms with Crippen molar-refractivity contribution < 1.29 is 14.3 Å². The van der Waals surface area contributed by atoms with Crippen molar-refractivity contribution in [1.29, 1.82) is 0 Å². The molecule has 1 aliphatic rings. The Hall–Kier alpha value is -1.42. The van der Waals surface area contributed by atoms with E-state index in [4.69, 9.17) is 5.11 Å². The maximum atomic E-state index is 12.5. The zero-order chi connectivity index (χ0) is 13.7. The lowest BCUT2D eigenvalue weighted by molar-refractivity contribution is -0.121. The molecule has 1 aromatic rings. The minimum absolute atomic E-state index is 0.157. The highest BCUT2D eigenvalue weighted by Gasteiger charge is 2.26. The third-order valence-electron chi connectivity index (χ3n) is 3.71. The first-order valence-electron chi connectivity index (χ1n) is 6.84. The first-order valence-corrected chi connectivity index (χ1v) is 6.84. The van der Waals surface area contributed by atoms with E-state index in [1.165, 1.54) is 6.42 Å². The van der Waals surface area contributed by atoms with E-state index in [1.807, 2.05) is 0 Å². The van der Waals surface area contributed by atoms with E-state index in [0.29, 0.717) is 5.56 Å². The van der Waals surface area contributed by atoms with Crippen LogP contribution >= 0.6 is 0 Å². The molecule has 0 radical (unpaired) electrons. The van der Waals surface area contributed by atoms with Crippen LogP contribution in [-0.2, 0) is 11.5 Å². The van der Waals surface area contributed by atoms with Crippen molar-refractivity contribution in [3.63, 3.8) is 0 Å². The van der Waals surface area contributed by atoms with Gasteiger partial charge in [-0.25, -0.2) is 4.39 Å². The SMILES string of the molecule is O=C(CO)N(c1ccc(CF)cc1)C1CCCCC1. The van der Waals surface area contributed by atoms with Crippen LogP contribution < -0.4 is 4.90 Å². The number of anilines is 1. The van der Waals surface area contributed by atoms with E-state index < -0.39 is 13.3 Å². The predicted molar refractivity (Wildman–Crippen MR) is 72.7 cm³/mol. The normalized spacial score (nSPS) is 16.3. The zero-order valence-corrected chi connectivity index (χ0v) is 11.0. The smallest absolute Gasteiger partial charge is 0.252 e. The maximum absolute atomic E-state index is 12.5. The number of aliphatic hydroxyl groups excluding tert-OH is 1. The number of hydrogen-bond acceptors (Lipinski definition) is 2. The van der Waals surface area contributed by atoms with Crippen molar-refractivity contribution in [3.8, 4) is 0 Å². The topological polar surface area (TPSA) is 40.5 Å². The Morgan fingerprint density at radius 2 is 1.84 bits per heavy atom. The molecule has 104 valence electrons. The molecule has 19 heavy (non-hydrogen) atoms. The molecule has 1 fully saturated rings. The molecule has 1 aromatic carbocycles. The molecule has 0 atom stereocenters. The molecular formula is C15H20FNO2. The van der Waals surface area contributed by atoms with E-state index in [1.54, 1.807) is 29.2 Å². The maximum Gasteiger partial charge on any atom is 0.252 e. The summed E-state index contributed by atoms with van der Waals surface area (Å²) in [4.78, 5) is 13.6. The lowest BCUT2D eigenvalue weighted by Crippen LogP contribution is -2.43. The molecule has 0 bridgehead atoms. The highest BCUT2D eigenvalue weighted by Crippen LogP contribution is 2.27. The summed E-state index contributed by atoms with van der Waals surface area (Å²) in [7, 11) is 0. The molecule has 0 unspecified atom stereocenters. The highest BCUT2D eigenvalue weighted by molar-refractivity contribution is 5.94. The minimum atomic E-state index is -0.502. The van der Waals surface area contributed by atoms with Gasteiger partial charge in [-0.1, -0.05) is 31.4 Å². The van der Waals surface area contributed by atoms with Gasteiger partial charge in [-0.15, -0.1) is 0 Å². The Bertz CT molecular complexity index is 413. The summed E-state index contributed by atoms with van der Waals surface area (Å²) in [6.45, 7) is -0.987. The molecule has 1 saturated carbocycles. The Balaban J connectivity index is 2.22. The molecule has 4 heteroatoms. The summed E-state index contributed by atoms with van der Waals surface area (Å²) in [6.07, 6.45) is 5.37. The van der Waals surface area contributed by atoms with Crippen molar-refractivity contribution in [2.45, 2.75) is 44.8 Å². The van der Waals surface area contributed by atoms with Gasteiger partial charge in [-0.3, -0.25) is 4.79 Å². The summed E-state index contributed by atoms with van der Waals surface area (Å²) in [5, 5.41) is 9.15. The van der Waals surface area contributed by atoms with E-state index in [2.05, 4.69) is 0 Å². The number of aliphatic hydroxyl groups is 1. The average Bonchev–Trinajstić information content (AvgIpc) is 2.49. The largest absolute Gasteiger partial charge is 0.387 e. The summed E-state index contributed by atoms with van der Waals surface area (Å²) >= 11 is 0. The Kier molecular flexibility index (Phi) is 4.91. The third-order valence-corrected chi connectivity index (χ3v) is 3.71. The van der Waals surface area contributed by atoms with Crippen LogP contribution in [0.3, 0.4) is 0 Å². The third kappa shape index (κ3) is 3.32. The van der Waals surface area contributed by atoms with Crippen LogP contribution in [0.5, 0.6) is 0 Å². The number of amides is 1. The molecule has 2 rings (SSSR count). The first kappa shape index (κ1) is 14.0. The molecule has 0 aromatic heterocycles. The lowest BCUT2D eigenvalue weighted by atomic mass is 9.93. The van der Waals surface area contributed by atoms with E-state index in [-0.39, 0.29) is 11.9 Å². The van der Waals surface area contributed by atoms with Crippen molar-refractivity contribution >= 4 is 11.6 Å². The lowest BCUT2D eigenvalue weighted by Gasteiger charge is -2.34. The predicted octanol–water partition coefficient (Wildman–Crippen LogP) is 2.81. The first-order chi connectivity index (χ1) is 9.26. The van der Waals surface area contributed by atoms with Crippen molar-refractivity contribution in [2.75, 3.05) is 11.5 Å². The standard InChI is InChI=1S/C15H20FNO2/c16-10-12-6-8-14(9-7-12)17(15(19)11-18)13-4-2-1-3-5-13/h6-9,13,18H,1-5,10-11H2. The van der Waals surface area contributed by atoms with Gasteiger partial charge in [0, 0.05) is 11.7 Å². The fourth-order valence-electron chi connectivity index (χ4n) is 2.72. The molecule has 0 heterocycles. The molecule has 0 aliphatic heterocycles. The molecule has 1 N–H and O–H groups in total. The van der Waals surface area contributed by atoms with Gasteiger partial charge < -0.3 is 10.0 Å². The number of rotatable bonds is 4. The van der Waals surface area contributed by atoms with Crippen LogP contribution in [0, 0.1) is 0 Å². The number of carbonyl (C=O) groups excluding carboxylic acids is 1. The van der Waals surface area contributed by atoms with Crippen LogP contribution in [-0.4, -0.2) is 23.7 Å². The second kappa shape index (κ2) is 6.66. The van der Waals surface area contributed by atoms with Crippen molar-refractivity contribution in [3.05, 3.63) is 29.8 Å². The second-order valence-corrected chi connectivity index (χ2v) is 5.01. The van der Waals surface area contributed by atoms with Crippen LogP contribution in [0.1, 0.15) is 37.7 Å². The van der Waals surface area contributed by atoms with Gasteiger partial charge in [0.05, 0.1) is 0 Å². The molecule has 0 spiro atoms. The number of carbonyl (C=O) groups is 1. The summed E-state index contributed by atoms with van der Waals surface area (Å²) in [5.41, 5.74) is 1.35. The van der Waals surface area contributed by atoms with Gasteiger partial charge in [0.25, 0.3) is 5.91 Å². The van der Waals surface area contributed by atoms with Crippen LogP contribution in [0.2, 0.25) is 0 Å². The molecule has 0 saturated heterocycles. The van der Waals surface area contributed by atoms with Gasteiger partial charge in [0.15, 0.2) is 0 Å². The van der Waals surface area contributed by atoms with E-state index >= 15 is 0 Å². The Labute approximate surface area is 113 Å². The average molecular weight is 265 g/mol. The fraction of sp³-hybridized carbons (Fsp3) is 0.533. The number of halogens is 1. The van der Waals surface area contributed by atoms with Crippen LogP contribution in [0.4, 0.5) is 10.1 Å². The van der Waals surface area contributed by atoms with E-state index in [0.717, 1.165) is 31.4 Å². The van der Waals surface area contributed by atoms with Gasteiger partial charge in [0.2, 0.25) is 0 Å². The zero-order valence-electron chi connectivity index (χ0n) is 11.0. The second-order valence-electron chi connectivity index (χ2n) is 5.01. The molecular weight excluding hydrogens is 245 g/mol. The fourth-order valence-corrected chi connectivity index (χ4v) is 2.72. The number of nitrogens with zero attached hydrogens (tertiary/aromatic N) is 1. The Morgan fingerprint density at radius 1 is 1.21 bits per heavy atom. The quantitative estimate of drug-likeness (QED) is 0.909. The van der Waals surface area contributed by atoms with Gasteiger partial charge in [-0.2, -0.15) is 0 Å². The molecule has 1 amide bonds. The highest BCUT2D eigenvalue weighted by atomic mass is 19.1. The molecule has 1 aliphatic carbocycles.